The molecule has 0 atom stereocenters. The van der Waals surface area contributed by atoms with Crippen LogP contribution in [0.15, 0.2) is 22.7 Å². The van der Waals surface area contributed by atoms with Crippen LogP contribution in [0.5, 0.6) is 5.88 Å². The van der Waals surface area contributed by atoms with E-state index >= 15 is 0 Å². The van der Waals surface area contributed by atoms with Crippen LogP contribution in [-0.4, -0.2) is 16.9 Å². The van der Waals surface area contributed by atoms with Gasteiger partial charge in [0.2, 0.25) is 5.88 Å². The van der Waals surface area contributed by atoms with Crippen molar-refractivity contribution in [1.82, 2.24) is 9.78 Å². The highest BCUT2D eigenvalue weighted by molar-refractivity contribution is 9.10. The number of hydrogen-bond donors (Lipinski definition) is 1. The lowest BCUT2D eigenvalue weighted by atomic mass is 10.2. The molecule has 0 fully saturated rings. The monoisotopic (exact) mass is 327 g/mol. The minimum absolute atomic E-state index is 0.296. The van der Waals surface area contributed by atoms with Gasteiger partial charge in [0.15, 0.2) is 0 Å². The van der Waals surface area contributed by atoms with E-state index in [2.05, 4.69) is 26.3 Å². The lowest BCUT2D eigenvalue weighted by Gasteiger charge is -2.09. The summed E-state index contributed by atoms with van der Waals surface area (Å²) in [6.07, 6.45) is 0. The molecular weight excluding hydrogens is 313 g/mol. The molecule has 1 aromatic heterocycles. The third-order valence-corrected chi connectivity index (χ3v) is 3.36. The zero-order chi connectivity index (χ0) is 14.0. The summed E-state index contributed by atoms with van der Waals surface area (Å²) in [6, 6.07) is 4.91. The van der Waals surface area contributed by atoms with Crippen LogP contribution in [0.3, 0.4) is 0 Å². The number of ether oxygens (including phenoxy) is 1. The van der Waals surface area contributed by atoms with E-state index in [9.17, 15) is 4.39 Å². The van der Waals surface area contributed by atoms with Crippen molar-refractivity contribution in [2.24, 2.45) is 7.05 Å². The van der Waals surface area contributed by atoms with Gasteiger partial charge in [-0.05, 0) is 25.1 Å². The highest BCUT2D eigenvalue weighted by Gasteiger charge is 2.14. The van der Waals surface area contributed by atoms with Crippen molar-refractivity contribution in [2.75, 3.05) is 12.4 Å². The number of hydrogen-bond acceptors (Lipinski definition) is 3. The van der Waals surface area contributed by atoms with Gasteiger partial charge in [-0.1, -0.05) is 15.9 Å². The first-order chi connectivity index (χ1) is 9.02. The molecule has 0 aliphatic carbocycles. The van der Waals surface area contributed by atoms with E-state index in [1.807, 2.05) is 14.0 Å². The Labute approximate surface area is 119 Å². The lowest BCUT2D eigenvalue weighted by molar-refractivity contribution is 0.369. The molecule has 102 valence electrons. The average molecular weight is 328 g/mol. The Morgan fingerprint density at radius 1 is 1.47 bits per heavy atom. The van der Waals surface area contributed by atoms with E-state index in [1.54, 1.807) is 23.9 Å². The van der Waals surface area contributed by atoms with Gasteiger partial charge in [-0.3, -0.25) is 0 Å². The Hall–Kier alpha value is -1.56. The van der Waals surface area contributed by atoms with Crippen molar-refractivity contribution in [3.05, 3.63) is 39.7 Å². The largest absolute Gasteiger partial charge is 0.481 e. The summed E-state index contributed by atoms with van der Waals surface area (Å²) in [4.78, 5) is 0. The maximum absolute atomic E-state index is 13.7. The van der Waals surface area contributed by atoms with Crippen molar-refractivity contribution in [2.45, 2.75) is 13.5 Å². The smallest absolute Gasteiger partial charge is 0.216 e. The van der Waals surface area contributed by atoms with E-state index in [0.717, 1.165) is 11.3 Å². The number of nitrogens with zero attached hydrogens (tertiary/aromatic N) is 2. The second-order valence-corrected chi connectivity index (χ2v) is 5.09. The molecule has 1 N–H and O–H groups in total. The van der Waals surface area contributed by atoms with Crippen LogP contribution in [0.1, 0.15) is 11.3 Å². The molecule has 0 bridgehead atoms. The van der Waals surface area contributed by atoms with Gasteiger partial charge in [0, 0.05) is 18.1 Å². The first-order valence-electron chi connectivity index (χ1n) is 5.78. The van der Waals surface area contributed by atoms with Crippen LogP contribution < -0.4 is 10.1 Å². The van der Waals surface area contributed by atoms with E-state index in [-0.39, 0.29) is 5.82 Å². The number of aryl methyl sites for hydroxylation is 2. The third-order valence-electron chi connectivity index (χ3n) is 2.87. The van der Waals surface area contributed by atoms with E-state index in [0.29, 0.717) is 22.6 Å². The predicted molar refractivity (Wildman–Crippen MR) is 75.9 cm³/mol. The molecule has 0 aliphatic rings. The van der Waals surface area contributed by atoms with Crippen molar-refractivity contribution >= 4 is 21.6 Å². The molecule has 2 rings (SSSR count). The van der Waals surface area contributed by atoms with E-state index < -0.39 is 0 Å². The van der Waals surface area contributed by atoms with Crippen molar-refractivity contribution in [3.8, 4) is 5.88 Å². The number of nitrogens with one attached hydrogen (secondary N) is 1. The summed E-state index contributed by atoms with van der Waals surface area (Å²) in [5.74, 6) is 0.386. The predicted octanol–water partition coefficient (Wildman–Crippen LogP) is 3.25. The summed E-state index contributed by atoms with van der Waals surface area (Å²) < 4.78 is 21.4. The molecule has 0 unspecified atom stereocenters. The molecule has 2 aromatic rings. The Bertz CT molecular complexity index is 598. The maximum atomic E-state index is 13.7. The Morgan fingerprint density at radius 3 is 2.84 bits per heavy atom. The molecule has 1 aromatic carbocycles. The van der Waals surface area contributed by atoms with Gasteiger partial charge < -0.3 is 10.1 Å². The Morgan fingerprint density at radius 2 is 2.21 bits per heavy atom. The van der Waals surface area contributed by atoms with Gasteiger partial charge in [-0.25, -0.2) is 9.07 Å². The van der Waals surface area contributed by atoms with Crippen LogP contribution in [0, 0.1) is 12.7 Å². The standard InChI is InChI=1S/C13H15BrFN3O/c1-8-10(13(19-3)18(2)17-8)7-16-12-5-4-9(14)6-11(12)15/h4-6,16H,7H2,1-3H3. The highest BCUT2D eigenvalue weighted by Crippen LogP contribution is 2.24. The number of aromatic nitrogens is 2. The number of halogens is 2. The Kier molecular flexibility index (Phi) is 4.09. The van der Waals surface area contributed by atoms with Crippen LogP contribution in [0.2, 0.25) is 0 Å². The summed E-state index contributed by atoms with van der Waals surface area (Å²) in [5, 5.41) is 7.34. The number of anilines is 1. The van der Waals surface area contributed by atoms with Crippen LogP contribution in [0.25, 0.3) is 0 Å². The lowest BCUT2D eigenvalue weighted by Crippen LogP contribution is -2.04. The van der Waals surface area contributed by atoms with Gasteiger partial charge in [0.1, 0.15) is 5.82 Å². The van der Waals surface area contributed by atoms with Crippen molar-refractivity contribution in [3.63, 3.8) is 0 Å². The quantitative estimate of drug-likeness (QED) is 0.936. The normalized spacial score (nSPS) is 10.6. The molecule has 0 spiro atoms. The number of benzene rings is 1. The summed E-state index contributed by atoms with van der Waals surface area (Å²) in [6.45, 7) is 2.36. The SMILES string of the molecule is COc1c(CNc2ccc(Br)cc2F)c(C)nn1C. The second-order valence-electron chi connectivity index (χ2n) is 4.17. The molecule has 4 nitrogen and oxygen atoms in total. The fourth-order valence-corrected chi connectivity index (χ4v) is 2.29. The van der Waals surface area contributed by atoms with Crippen LogP contribution in [0.4, 0.5) is 10.1 Å². The summed E-state index contributed by atoms with van der Waals surface area (Å²) >= 11 is 3.23. The molecule has 6 heteroatoms. The molecule has 0 saturated carbocycles. The van der Waals surface area contributed by atoms with E-state index in [4.69, 9.17) is 4.74 Å². The van der Waals surface area contributed by atoms with Gasteiger partial charge in [-0.15, -0.1) is 0 Å². The fourth-order valence-electron chi connectivity index (χ4n) is 1.96. The highest BCUT2D eigenvalue weighted by atomic mass is 79.9. The fraction of sp³-hybridized carbons (Fsp3) is 0.308. The van der Waals surface area contributed by atoms with Gasteiger partial charge in [0.05, 0.1) is 24.1 Å². The zero-order valence-electron chi connectivity index (χ0n) is 11.0. The first kappa shape index (κ1) is 13.9. The third kappa shape index (κ3) is 2.89. The molecule has 0 saturated heterocycles. The second kappa shape index (κ2) is 5.61. The Balaban J connectivity index is 2.19. The van der Waals surface area contributed by atoms with Gasteiger partial charge in [0.25, 0.3) is 0 Å². The number of methoxy groups -OCH3 is 1. The summed E-state index contributed by atoms with van der Waals surface area (Å²) in [5.41, 5.74) is 2.24. The average Bonchev–Trinajstić information content (AvgIpc) is 2.62. The van der Waals surface area contributed by atoms with Gasteiger partial charge in [-0.2, -0.15) is 5.10 Å². The molecule has 1 heterocycles. The maximum Gasteiger partial charge on any atom is 0.216 e. The van der Waals surface area contributed by atoms with Crippen molar-refractivity contribution in [1.29, 1.82) is 0 Å². The minimum Gasteiger partial charge on any atom is -0.481 e. The van der Waals surface area contributed by atoms with Crippen LogP contribution in [-0.2, 0) is 13.6 Å². The van der Waals surface area contributed by atoms with Gasteiger partial charge >= 0.3 is 0 Å². The summed E-state index contributed by atoms with van der Waals surface area (Å²) in [7, 11) is 3.41. The molecular formula is C13H15BrFN3O. The number of rotatable bonds is 4. The minimum atomic E-state index is -0.296. The topological polar surface area (TPSA) is 39.1 Å². The zero-order valence-corrected chi connectivity index (χ0v) is 12.6. The molecule has 0 aliphatic heterocycles. The van der Waals surface area contributed by atoms with Crippen molar-refractivity contribution < 1.29 is 9.13 Å². The molecule has 0 radical (unpaired) electrons. The van der Waals surface area contributed by atoms with E-state index in [1.165, 1.54) is 6.07 Å². The molecule has 0 amide bonds. The van der Waals surface area contributed by atoms with Crippen LogP contribution >= 0.6 is 15.9 Å². The molecule has 19 heavy (non-hydrogen) atoms. The first-order valence-corrected chi connectivity index (χ1v) is 6.57.